The highest BCUT2D eigenvalue weighted by molar-refractivity contribution is 6.31. The quantitative estimate of drug-likeness (QED) is 0.772. The van der Waals surface area contributed by atoms with Crippen LogP contribution in [0.3, 0.4) is 0 Å². The van der Waals surface area contributed by atoms with Crippen LogP contribution in [0.2, 0.25) is 5.02 Å². The Balaban J connectivity index is 2.81. The van der Waals surface area contributed by atoms with Gasteiger partial charge in [-0.05, 0) is 49.4 Å². The molecule has 1 rings (SSSR count). The van der Waals surface area contributed by atoms with Gasteiger partial charge in [0.15, 0.2) is 0 Å². The summed E-state index contributed by atoms with van der Waals surface area (Å²) in [6, 6.07) is 3.88. The molecule has 0 saturated carbocycles. The smallest absolute Gasteiger partial charge is 0.122 e. The Hall–Kier alpha value is -0.770. The van der Waals surface area contributed by atoms with E-state index in [1.165, 1.54) is 0 Å². The molecule has 0 spiro atoms. The fourth-order valence-electron chi connectivity index (χ4n) is 1.84. The van der Waals surface area contributed by atoms with Crippen LogP contribution in [0.15, 0.2) is 12.1 Å². The predicted octanol–water partition coefficient (Wildman–Crippen LogP) is 2.97. The summed E-state index contributed by atoms with van der Waals surface area (Å²) < 4.78 is 5.74. The summed E-state index contributed by atoms with van der Waals surface area (Å²) >= 11 is 6.15. The molecule has 1 aromatic rings. The van der Waals surface area contributed by atoms with Crippen LogP contribution in [-0.4, -0.2) is 30.0 Å². The lowest BCUT2D eigenvalue weighted by Crippen LogP contribution is -2.12. The van der Waals surface area contributed by atoms with Gasteiger partial charge in [0.1, 0.15) is 5.75 Å². The van der Waals surface area contributed by atoms with E-state index in [0.29, 0.717) is 6.61 Å². The van der Waals surface area contributed by atoms with Gasteiger partial charge in [-0.3, -0.25) is 0 Å². The molecule has 0 aliphatic carbocycles. The molecular formula is C15H23ClO3. The molecule has 1 aromatic carbocycles. The number of aliphatic hydroxyl groups is 2. The van der Waals surface area contributed by atoms with Crippen molar-refractivity contribution < 1.29 is 14.9 Å². The Morgan fingerprint density at radius 1 is 1.26 bits per heavy atom. The minimum Gasteiger partial charge on any atom is -0.493 e. The first-order valence-electron chi connectivity index (χ1n) is 6.75. The van der Waals surface area contributed by atoms with Crippen LogP contribution in [0.5, 0.6) is 5.75 Å². The molecular weight excluding hydrogens is 264 g/mol. The van der Waals surface area contributed by atoms with E-state index in [2.05, 4.69) is 6.92 Å². The molecule has 0 saturated heterocycles. The number of rotatable bonds is 8. The average Bonchev–Trinajstić information content (AvgIpc) is 2.41. The topological polar surface area (TPSA) is 49.7 Å². The molecule has 0 heterocycles. The molecule has 19 heavy (non-hydrogen) atoms. The molecule has 4 heteroatoms. The molecule has 2 N–H and O–H groups in total. The molecule has 3 nitrogen and oxygen atoms in total. The minimum absolute atomic E-state index is 0.00123. The maximum Gasteiger partial charge on any atom is 0.122 e. The lowest BCUT2D eigenvalue weighted by Gasteiger charge is -2.15. The predicted molar refractivity (Wildman–Crippen MR) is 78.0 cm³/mol. The molecule has 0 radical (unpaired) electrons. The maximum atomic E-state index is 9.10. The van der Waals surface area contributed by atoms with Crippen molar-refractivity contribution >= 4 is 11.6 Å². The van der Waals surface area contributed by atoms with Crippen LogP contribution in [0.4, 0.5) is 0 Å². The van der Waals surface area contributed by atoms with Crippen molar-refractivity contribution in [3.63, 3.8) is 0 Å². The fraction of sp³-hybridized carbons (Fsp3) is 0.600. The van der Waals surface area contributed by atoms with Crippen LogP contribution < -0.4 is 4.74 Å². The number of aliphatic hydroxyl groups excluding tert-OH is 2. The van der Waals surface area contributed by atoms with E-state index in [1.54, 1.807) is 0 Å². The number of hydrogen-bond donors (Lipinski definition) is 2. The van der Waals surface area contributed by atoms with Crippen molar-refractivity contribution in [3.8, 4) is 5.75 Å². The summed E-state index contributed by atoms with van der Waals surface area (Å²) in [7, 11) is 0. The molecule has 0 atom stereocenters. The fourth-order valence-corrected chi connectivity index (χ4v) is 2.02. The van der Waals surface area contributed by atoms with Crippen molar-refractivity contribution in [2.24, 2.45) is 5.92 Å². The van der Waals surface area contributed by atoms with Crippen molar-refractivity contribution in [2.75, 3.05) is 19.8 Å². The lowest BCUT2D eigenvalue weighted by molar-refractivity contribution is 0.144. The van der Waals surface area contributed by atoms with Crippen LogP contribution >= 0.6 is 11.6 Å². The number of benzene rings is 1. The minimum atomic E-state index is -0.0842. The SMILES string of the molecule is CCCOc1cc(C)c(Cl)cc1CCC(CO)CO. The first kappa shape index (κ1) is 16.3. The first-order chi connectivity index (χ1) is 9.12. The Morgan fingerprint density at radius 2 is 1.95 bits per heavy atom. The molecule has 0 aliphatic heterocycles. The van der Waals surface area contributed by atoms with Gasteiger partial charge in [0.2, 0.25) is 0 Å². The summed E-state index contributed by atoms with van der Waals surface area (Å²) in [5.74, 6) is 0.775. The Kier molecular flexibility index (Phi) is 7.21. The van der Waals surface area contributed by atoms with Gasteiger partial charge >= 0.3 is 0 Å². The van der Waals surface area contributed by atoms with Gasteiger partial charge in [-0.2, -0.15) is 0 Å². The standard InChI is InChI=1S/C15H23ClO3/c1-3-6-19-15-7-11(2)14(16)8-13(15)5-4-12(9-17)10-18/h7-8,12,17-18H,3-6,9-10H2,1-2H3. The second-order valence-electron chi connectivity index (χ2n) is 4.83. The third-order valence-corrected chi connectivity index (χ3v) is 3.55. The molecule has 0 aliphatic rings. The number of hydrogen-bond acceptors (Lipinski definition) is 3. The average molecular weight is 287 g/mol. The second kappa shape index (κ2) is 8.41. The zero-order valence-corrected chi connectivity index (χ0v) is 12.4. The van der Waals surface area contributed by atoms with Gasteiger partial charge in [-0.15, -0.1) is 0 Å². The summed E-state index contributed by atoms with van der Waals surface area (Å²) in [6.07, 6.45) is 2.41. The van der Waals surface area contributed by atoms with E-state index in [4.69, 9.17) is 26.6 Å². The molecule has 0 aromatic heterocycles. The summed E-state index contributed by atoms with van der Waals surface area (Å²) in [6.45, 7) is 4.70. The van der Waals surface area contributed by atoms with Crippen LogP contribution in [0.25, 0.3) is 0 Å². The first-order valence-corrected chi connectivity index (χ1v) is 7.13. The lowest BCUT2D eigenvalue weighted by atomic mass is 9.99. The normalized spacial score (nSPS) is 11.1. The highest BCUT2D eigenvalue weighted by atomic mass is 35.5. The van der Waals surface area contributed by atoms with Crippen LogP contribution in [0.1, 0.15) is 30.9 Å². The van der Waals surface area contributed by atoms with E-state index in [0.717, 1.165) is 41.2 Å². The van der Waals surface area contributed by atoms with Gasteiger partial charge in [-0.25, -0.2) is 0 Å². The van der Waals surface area contributed by atoms with E-state index in [9.17, 15) is 0 Å². The number of aryl methyl sites for hydroxylation is 2. The van der Waals surface area contributed by atoms with Crippen molar-refractivity contribution in [3.05, 3.63) is 28.3 Å². The number of ether oxygens (including phenoxy) is 1. The third kappa shape index (κ3) is 5.01. The molecule has 0 fully saturated rings. The Morgan fingerprint density at radius 3 is 2.53 bits per heavy atom. The van der Waals surface area contributed by atoms with Crippen molar-refractivity contribution in [1.29, 1.82) is 0 Å². The Labute approximate surface area is 120 Å². The molecule has 0 bridgehead atoms. The highest BCUT2D eigenvalue weighted by Crippen LogP contribution is 2.28. The monoisotopic (exact) mass is 286 g/mol. The van der Waals surface area contributed by atoms with E-state index < -0.39 is 0 Å². The van der Waals surface area contributed by atoms with E-state index in [-0.39, 0.29) is 19.1 Å². The molecule has 0 amide bonds. The largest absolute Gasteiger partial charge is 0.493 e. The second-order valence-corrected chi connectivity index (χ2v) is 5.23. The van der Waals surface area contributed by atoms with Crippen molar-refractivity contribution in [2.45, 2.75) is 33.1 Å². The highest BCUT2D eigenvalue weighted by Gasteiger charge is 2.11. The summed E-state index contributed by atoms with van der Waals surface area (Å²) in [4.78, 5) is 0. The summed E-state index contributed by atoms with van der Waals surface area (Å²) in [5.41, 5.74) is 2.04. The van der Waals surface area contributed by atoms with Gasteiger partial charge < -0.3 is 14.9 Å². The third-order valence-electron chi connectivity index (χ3n) is 3.14. The zero-order valence-electron chi connectivity index (χ0n) is 11.7. The summed E-state index contributed by atoms with van der Waals surface area (Å²) in [5, 5.41) is 18.9. The Bertz CT molecular complexity index is 389. The van der Waals surface area contributed by atoms with Gasteiger partial charge in [0.25, 0.3) is 0 Å². The molecule has 0 unspecified atom stereocenters. The van der Waals surface area contributed by atoms with Crippen LogP contribution in [0, 0.1) is 12.8 Å². The van der Waals surface area contributed by atoms with Gasteiger partial charge in [0.05, 0.1) is 6.61 Å². The van der Waals surface area contributed by atoms with Crippen molar-refractivity contribution in [1.82, 2.24) is 0 Å². The maximum absolute atomic E-state index is 9.10. The van der Waals surface area contributed by atoms with Gasteiger partial charge in [0, 0.05) is 24.2 Å². The van der Waals surface area contributed by atoms with E-state index in [1.807, 2.05) is 19.1 Å². The molecule has 108 valence electrons. The van der Waals surface area contributed by atoms with E-state index >= 15 is 0 Å². The number of halogens is 1. The van der Waals surface area contributed by atoms with Gasteiger partial charge in [-0.1, -0.05) is 18.5 Å². The van der Waals surface area contributed by atoms with Crippen LogP contribution in [-0.2, 0) is 6.42 Å². The zero-order chi connectivity index (χ0) is 14.3.